The molecule has 6 nitrogen and oxygen atoms in total. The maximum Gasteiger partial charge on any atom is 0.269 e. The van der Waals surface area contributed by atoms with Crippen LogP contribution < -0.4 is 0 Å². The van der Waals surface area contributed by atoms with E-state index < -0.39 is 4.92 Å². The van der Waals surface area contributed by atoms with E-state index in [1.165, 1.54) is 23.1 Å². The Morgan fingerprint density at radius 3 is 2.53 bits per heavy atom. The van der Waals surface area contributed by atoms with Crippen molar-refractivity contribution >= 4 is 23.2 Å². The van der Waals surface area contributed by atoms with Crippen molar-refractivity contribution < 1.29 is 9.72 Å². The number of hydrogen-bond donors (Lipinski definition) is 0. The summed E-state index contributed by atoms with van der Waals surface area (Å²) in [6, 6.07) is 4.28. The van der Waals surface area contributed by atoms with Crippen LogP contribution in [-0.4, -0.2) is 48.3 Å². The number of amides is 1. The predicted molar refractivity (Wildman–Crippen MR) is 73.1 cm³/mol. The van der Waals surface area contributed by atoms with Gasteiger partial charge < -0.3 is 4.90 Å². The molecular formula is C12H16ClN3O3. The monoisotopic (exact) mass is 285 g/mol. The molecule has 0 fully saturated rings. The van der Waals surface area contributed by atoms with Gasteiger partial charge in [0.2, 0.25) is 5.91 Å². The Kier molecular flexibility index (Phi) is 5.26. The summed E-state index contributed by atoms with van der Waals surface area (Å²) in [5.74, 6) is -0.0379. The van der Waals surface area contributed by atoms with Gasteiger partial charge in [0.15, 0.2) is 0 Å². The van der Waals surface area contributed by atoms with Crippen molar-refractivity contribution in [2.45, 2.75) is 6.54 Å². The van der Waals surface area contributed by atoms with Gasteiger partial charge in [0.05, 0.1) is 11.5 Å². The van der Waals surface area contributed by atoms with Crippen LogP contribution in [0.25, 0.3) is 0 Å². The van der Waals surface area contributed by atoms with E-state index in [1.54, 1.807) is 26.0 Å². The summed E-state index contributed by atoms with van der Waals surface area (Å²) in [6.45, 7) is 0.603. The minimum absolute atomic E-state index is 0.00765. The standard InChI is InChI=1S/C12H16ClN3O3/c1-14(2)12(17)8-15(3)7-9-6-10(16(18)19)4-5-11(9)13/h4-6H,7-8H2,1-3H3. The molecule has 104 valence electrons. The average Bonchev–Trinajstić information content (AvgIpc) is 2.31. The average molecular weight is 286 g/mol. The molecular weight excluding hydrogens is 270 g/mol. The molecule has 1 aromatic rings. The van der Waals surface area contributed by atoms with Crippen molar-refractivity contribution in [1.82, 2.24) is 9.80 Å². The van der Waals surface area contributed by atoms with Gasteiger partial charge in [-0.3, -0.25) is 19.8 Å². The van der Waals surface area contributed by atoms with Crippen LogP contribution in [0.3, 0.4) is 0 Å². The lowest BCUT2D eigenvalue weighted by molar-refractivity contribution is -0.384. The normalized spacial score (nSPS) is 10.6. The van der Waals surface area contributed by atoms with E-state index in [1.807, 2.05) is 0 Å². The van der Waals surface area contributed by atoms with Gasteiger partial charge in [-0.15, -0.1) is 0 Å². The fraction of sp³-hybridized carbons (Fsp3) is 0.417. The molecule has 0 N–H and O–H groups in total. The number of nitro groups is 1. The second-order valence-electron chi connectivity index (χ2n) is 4.49. The van der Waals surface area contributed by atoms with E-state index >= 15 is 0 Å². The Hall–Kier alpha value is -1.66. The zero-order valence-corrected chi connectivity index (χ0v) is 11.8. The number of nitrogens with zero attached hydrogens (tertiary/aromatic N) is 3. The molecule has 0 saturated heterocycles. The highest BCUT2D eigenvalue weighted by molar-refractivity contribution is 6.31. The third-order valence-electron chi connectivity index (χ3n) is 2.58. The van der Waals surface area contributed by atoms with Crippen molar-refractivity contribution in [1.29, 1.82) is 0 Å². The van der Waals surface area contributed by atoms with E-state index in [0.717, 1.165) is 0 Å². The van der Waals surface area contributed by atoms with E-state index in [4.69, 9.17) is 11.6 Å². The van der Waals surface area contributed by atoms with Gasteiger partial charge in [-0.05, 0) is 18.7 Å². The van der Waals surface area contributed by atoms with Crippen LogP contribution in [0.1, 0.15) is 5.56 Å². The second kappa shape index (κ2) is 6.49. The number of nitro benzene ring substituents is 1. The first-order valence-corrected chi connectivity index (χ1v) is 6.00. The lowest BCUT2D eigenvalue weighted by Gasteiger charge is -2.19. The number of benzene rings is 1. The topological polar surface area (TPSA) is 66.7 Å². The quantitative estimate of drug-likeness (QED) is 0.611. The summed E-state index contributed by atoms with van der Waals surface area (Å²) < 4.78 is 0. The van der Waals surface area contributed by atoms with Crippen LogP contribution in [0.5, 0.6) is 0 Å². The van der Waals surface area contributed by atoms with Crippen LogP contribution >= 0.6 is 11.6 Å². The molecule has 0 bridgehead atoms. The number of halogens is 1. The Balaban J connectivity index is 2.78. The highest BCUT2D eigenvalue weighted by Gasteiger charge is 2.13. The molecule has 1 aromatic carbocycles. The van der Waals surface area contributed by atoms with Crippen molar-refractivity contribution in [3.05, 3.63) is 38.9 Å². The summed E-state index contributed by atoms with van der Waals surface area (Å²) in [7, 11) is 5.11. The molecule has 0 aromatic heterocycles. The van der Waals surface area contributed by atoms with Gasteiger partial charge in [0, 0.05) is 37.8 Å². The van der Waals surface area contributed by atoms with Gasteiger partial charge >= 0.3 is 0 Å². The van der Waals surface area contributed by atoms with Crippen LogP contribution in [-0.2, 0) is 11.3 Å². The molecule has 1 rings (SSSR count). The third kappa shape index (κ3) is 4.50. The highest BCUT2D eigenvalue weighted by atomic mass is 35.5. The highest BCUT2D eigenvalue weighted by Crippen LogP contribution is 2.23. The molecule has 0 aliphatic carbocycles. The number of carbonyl (C=O) groups is 1. The van der Waals surface area contributed by atoms with Crippen molar-refractivity contribution in [2.75, 3.05) is 27.7 Å². The van der Waals surface area contributed by atoms with E-state index in [9.17, 15) is 14.9 Å². The van der Waals surface area contributed by atoms with E-state index in [-0.39, 0.29) is 18.1 Å². The zero-order chi connectivity index (χ0) is 14.6. The van der Waals surface area contributed by atoms with Gasteiger partial charge in [-0.1, -0.05) is 11.6 Å². The summed E-state index contributed by atoms with van der Waals surface area (Å²) in [5, 5.41) is 11.2. The molecule has 0 aliphatic rings. The van der Waals surface area contributed by atoms with Crippen molar-refractivity contribution in [2.24, 2.45) is 0 Å². The fourth-order valence-electron chi connectivity index (χ4n) is 1.51. The molecule has 1 amide bonds. The molecule has 0 atom stereocenters. The zero-order valence-electron chi connectivity index (χ0n) is 11.1. The minimum Gasteiger partial charge on any atom is -0.348 e. The van der Waals surface area contributed by atoms with Crippen molar-refractivity contribution in [3.63, 3.8) is 0 Å². The number of rotatable bonds is 5. The summed E-state index contributed by atoms with van der Waals surface area (Å²) >= 11 is 6.00. The predicted octanol–water partition coefficient (Wildman–Crippen LogP) is 1.77. The summed E-state index contributed by atoms with van der Waals surface area (Å²) in [5.41, 5.74) is 0.622. The SMILES string of the molecule is CN(CC(=O)N(C)C)Cc1cc([N+](=O)[O-])ccc1Cl. The maximum absolute atomic E-state index is 11.5. The van der Waals surface area contributed by atoms with Gasteiger partial charge in [0.25, 0.3) is 5.69 Å². The summed E-state index contributed by atoms with van der Waals surface area (Å²) in [6.07, 6.45) is 0. The first kappa shape index (κ1) is 15.4. The Labute approximate surface area is 116 Å². The number of carbonyl (C=O) groups excluding carboxylic acids is 1. The Morgan fingerprint density at radius 1 is 1.37 bits per heavy atom. The molecule has 0 aliphatic heterocycles. The number of hydrogen-bond acceptors (Lipinski definition) is 4. The largest absolute Gasteiger partial charge is 0.348 e. The molecule has 0 saturated carbocycles. The Bertz CT molecular complexity index is 491. The lowest BCUT2D eigenvalue weighted by Crippen LogP contribution is -2.34. The molecule has 19 heavy (non-hydrogen) atoms. The van der Waals surface area contributed by atoms with Gasteiger partial charge in [0.1, 0.15) is 0 Å². The smallest absolute Gasteiger partial charge is 0.269 e. The molecule has 0 heterocycles. The van der Waals surface area contributed by atoms with Crippen LogP contribution in [0.2, 0.25) is 5.02 Å². The molecule has 0 spiro atoms. The van der Waals surface area contributed by atoms with E-state index in [0.29, 0.717) is 17.1 Å². The maximum atomic E-state index is 11.5. The number of likely N-dealkylation sites (N-methyl/N-ethyl adjacent to an activating group) is 2. The first-order valence-electron chi connectivity index (χ1n) is 5.62. The van der Waals surface area contributed by atoms with Crippen molar-refractivity contribution in [3.8, 4) is 0 Å². The van der Waals surface area contributed by atoms with Gasteiger partial charge in [-0.25, -0.2) is 0 Å². The third-order valence-corrected chi connectivity index (χ3v) is 2.95. The van der Waals surface area contributed by atoms with Crippen LogP contribution in [0.4, 0.5) is 5.69 Å². The van der Waals surface area contributed by atoms with Crippen LogP contribution in [0, 0.1) is 10.1 Å². The minimum atomic E-state index is -0.467. The fourth-order valence-corrected chi connectivity index (χ4v) is 1.69. The lowest BCUT2D eigenvalue weighted by atomic mass is 10.2. The van der Waals surface area contributed by atoms with E-state index in [2.05, 4.69) is 0 Å². The molecule has 0 radical (unpaired) electrons. The summed E-state index contributed by atoms with van der Waals surface area (Å²) in [4.78, 5) is 25.0. The van der Waals surface area contributed by atoms with Gasteiger partial charge in [-0.2, -0.15) is 0 Å². The first-order chi connectivity index (χ1) is 8.81. The number of non-ortho nitro benzene ring substituents is 1. The molecule has 0 unspecified atom stereocenters. The second-order valence-corrected chi connectivity index (χ2v) is 4.90. The molecule has 7 heteroatoms. The van der Waals surface area contributed by atoms with Crippen LogP contribution in [0.15, 0.2) is 18.2 Å². The Morgan fingerprint density at radius 2 is 2.00 bits per heavy atom.